The van der Waals surface area contributed by atoms with Gasteiger partial charge in [0.15, 0.2) is 0 Å². The highest BCUT2D eigenvalue weighted by molar-refractivity contribution is 7.99. The predicted octanol–water partition coefficient (Wildman–Crippen LogP) is 3.30. The number of hydrogen-bond acceptors (Lipinski definition) is 4. The van der Waals surface area contributed by atoms with Gasteiger partial charge in [-0.25, -0.2) is 4.98 Å². The molecule has 0 spiro atoms. The molecule has 2 heterocycles. The first-order valence-corrected chi connectivity index (χ1v) is 9.00. The Morgan fingerprint density at radius 3 is 2.92 bits per heavy atom. The van der Waals surface area contributed by atoms with Gasteiger partial charge in [0.2, 0.25) is 0 Å². The summed E-state index contributed by atoms with van der Waals surface area (Å²) in [6.45, 7) is 5.61. The van der Waals surface area contributed by atoms with E-state index >= 15 is 0 Å². The van der Waals surface area contributed by atoms with Crippen LogP contribution in [0.5, 0.6) is 0 Å². The lowest BCUT2D eigenvalue weighted by molar-refractivity contribution is 0.0777. The maximum atomic E-state index is 12.8. The fraction of sp³-hybridized carbons (Fsp3) is 0.368. The van der Waals surface area contributed by atoms with Crippen molar-refractivity contribution in [3.63, 3.8) is 0 Å². The smallest absolute Gasteiger partial charge is 0.256 e. The summed E-state index contributed by atoms with van der Waals surface area (Å²) < 4.78 is 0. The minimum Gasteiger partial charge on any atom is -0.396 e. The van der Waals surface area contributed by atoms with Gasteiger partial charge >= 0.3 is 0 Å². The molecule has 5 heteroatoms. The van der Waals surface area contributed by atoms with Crippen molar-refractivity contribution >= 4 is 17.7 Å². The number of aryl methyl sites for hydroxylation is 2. The molecule has 3 rings (SSSR count). The van der Waals surface area contributed by atoms with E-state index < -0.39 is 0 Å². The Morgan fingerprint density at radius 2 is 2.21 bits per heavy atom. The van der Waals surface area contributed by atoms with E-state index in [0.717, 1.165) is 16.3 Å². The number of rotatable bonds is 4. The van der Waals surface area contributed by atoms with Crippen LogP contribution in [0.15, 0.2) is 46.5 Å². The number of amides is 1. The maximum Gasteiger partial charge on any atom is 0.256 e. The monoisotopic (exact) mass is 342 g/mol. The second-order valence-electron chi connectivity index (χ2n) is 6.32. The van der Waals surface area contributed by atoms with Crippen LogP contribution in [0, 0.1) is 19.8 Å². The number of aliphatic hydroxyl groups is 1. The Labute approximate surface area is 146 Å². The first kappa shape index (κ1) is 17.0. The van der Waals surface area contributed by atoms with Crippen LogP contribution in [0.25, 0.3) is 0 Å². The van der Waals surface area contributed by atoms with Crippen LogP contribution < -0.4 is 0 Å². The lowest BCUT2D eigenvalue weighted by Crippen LogP contribution is -2.29. The van der Waals surface area contributed by atoms with Crippen LogP contribution in [0.4, 0.5) is 0 Å². The number of pyridine rings is 1. The summed E-state index contributed by atoms with van der Waals surface area (Å²) in [4.78, 5) is 20.2. The van der Waals surface area contributed by atoms with Crippen LogP contribution in [-0.2, 0) is 0 Å². The van der Waals surface area contributed by atoms with E-state index in [1.807, 2.05) is 11.0 Å². The van der Waals surface area contributed by atoms with E-state index in [2.05, 4.69) is 37.0 Å². The van der Waals surface area contributed by atoms with E-state index in [9.17, 15) is 9.90 Å². The van der Waals surface area contributed by atoms with Crippen molar-refractivity contribution in [2.45, 2.75) is 30.2 Å². The Morgan fingerprint density at radius 1 is 1.38 bits per heavy atom. The largest absolute Gasteiger partial charge is 0.396 e. The van der Waals surface area contributed by atoms with Gasteiger partial charge in [-0.3, -0.25) is 4.79 Å². The molecular weight excluding hydrogens is 320 g/mol. The number of hydrogen-bond donors (Lipinski definition) is 1. The molecule has 1 amide bonds. The highest BCUT2D eigenvalue weighted by Gasteiger charge is 2.28. The van der Waals surface area contributed by atoms with Crippen molar-refractivity contribution in [1.82, 2.24) is 9.88 Å². The minimum atomic E-state index is 0.00585. The average Bonchev–Trinajstić information content (AvgIpc) is 3.06. The zero-order valence-corrected chi connectivity index (χ0v) is 14.8. The highest BCUT2D eigenvalue weighted by Crippen LogP contribution is 2.32. The first-order chi connectivity index (χ1) is 11.6. The molecule has 1 aromatic heterocycles. The third-order valence-electron chi connectivity index (χ3n) is 4.37. The fourth-order valence-corrected chi connectivity index (χ4v) is 3.93. The van der Waals surface area contributed by atoms with Gasteiger partial charge in [-0.2, -0.15) is 0 Å². The fourth-order valence-electron chi connectivity index (χ4n) is 2.99. The summed E-state index contributed by atoms with van der Waals surface area (Å²) in [6.07, 6.45) is 2.59. The molecule has 4 nitrogen and oxygen atoms in total. The number of carbonyl (C=O) groups is 1. The molecule has 0 aliphatic carbocycles. The topological polar surface area (TPSA) is 53.4 Å². The summed E-state index contributed by atoms with van der Waals surface area (Å²) in [5, 5.41) is 10.0. The zero-order chi connectivity index (χ0) is 17.1. The molecule has 0 bridgehead atoms. The number of benzene rings is 1. The summed E-state index contributed by atoms with van der Waals surface area (Å²) >= 11 is 1.54. The molecule has 1 N–H and O–H groups in total. The number of aromatic nitrogens is 1. The summed E-state index contributed by atoms with van der Waals surface area (Å²) in [5.41, 5.74) is 3.05. The van der Waals surface area contributed by atoms with Crippen molar-refractivity contribution in [2.24, 2.45) is 5.92 Å². The van der Waals surface area contributed by atoms with Crippen LogP contribution in [0.3, 0.4) is 0 Å². The highest BCUT2D eigenvalue weighted by atomic mass is 32.2. The lowest BCUT2D eigenvalue weighted by Gasteiger charge is -2.18. The van der Waals surface area contributed by atoms with Crippen molar-refractivity contribution in [2.75, 3.05) is 19.7 Å². The van der Waals surface area contributed by atoms with Crippen LogP contribution in [-0.4, -0.2) is 40.6 Å². The molecule has 1 unspecified atom stereocenters. The molecule has 0 radical (unpaired) electrons. The molecule has 1 saturated heterocycles. The Bertz CT molecular complexity index is 748. The predicted molar refractivity (Wildman–Crippen MR) is 95.4 cm³/mol. The quantitative estimate of drug-likeness (QED) is 0.926. The van der Waals surface area contributed by atoms with Crippen LogP contribution >= 0.6 is 11.8 Å². The van der Waals surface area contributed by atoms with Crippen molar-refractivity contribution in [3.05, 3.63) is 53.2 Å². The SMILES string of the molecule is Cc1ccc(Sc2ncccc2C(=O)N2CCC(CO)C2)c(C)c1. The Balaban J connectivity index is 1.84. The molecule has 0 saturated carbocycles. The standard InChI is InChI=1S/C19H22N2O2S/c1-13-5-6-17(14(2)10-13)24-18-16(4-3-8-20-18)19(23)21-9-7-15(11-21)12-22/h3-6,8,10,15,22H,7,9,11-12H2,1-2H3. The molecule has 1 fully saturated rings. The van der Waals surface area contributed by atoms with Gasteiger partial charge in [0.05, 0.1) is 5.56 Å². The molecule has 1 aliphatic heterocycles. The first-order valence-electron chi connectivity index (χ1n) is 8.18. The van der Waals surface area contributed by atoms with Gasteiger partial charge in [-0.05, 0) is 44.0 Å². The van der Waals surface area contributed by atoms with E-state index in [-0.39, 0.29) is 18.4 Å². The number of nitrogens with zero attached hydrogens (tertiary/aromatic N) is 2. The number of carbonyl (C=O) groups excluding carboxylic acids is 1. The summed E-state index contributed by atoms with van der Waals surface area (Å²) in [5.74, 6) is 0.201. The third-order valence-corrected chi connectivity index (χ3v) is 5.57. The van der Waals surface area contributed by atoms with E-state index in [1.165, 1.54) is 22.9 Å². The van der Waals surface area contributed by atoms with Gasteiger partial charge in [0.25, 0.3) is 5.91 Å². The molecule has 1 aliphatic rings. The minimum absolute atomic E-state index is 0.00585. The average molecular weight is 342 g/mol. The van der Waals surface area contributed by atoms with Crippen molar-refractivity contribution < 1.29 is 9.90 Å². The summed E-state index contributed by atoms with van der Waals surface area (Å²) in [6, 6.07) is 9.94. The van der Waals surface area contributed by atoms with E-state index in [1.54, 1.807) is 12.3 Å². The third kappa shape index (κ3) is 3.62. The second kappa shape index (κ2) is 7.36. The second-order valence-corrected chi connectivity index (χ2v) is 7.35. The van der Waals surface area contributed by atoms with Crippen molar-refractivity contribution in [1.29, 1.82) is 0 Å². The zero-order valence-electron chi connectivity index (χ0n) is 14.0. The Hall–Kier alpha value is -1.85. The maximum absolute atomic E-state index is 12.8. The van der Waals surface area contributed by atoms with Gasteiger partial charge < -0.3 is 10.0 Å². The van der Waals surface area contributed by atoms with Gasteiger partial charge in [0.1, 0.15) is 5.03 Å². The van der Waals surface area contributed by atoms with E-state index in [4.69, 9.17) is 0 Å². The molecule has 24 heavy (non-hydrogen) atoms. The van der Waals surface area contributed by atoms with Gasteiger partial charge in [-0.15, -0.1) is 0 Å². The van der Waals surface area contributed by atoms with E-state index in [0.29, 0.717) is 18.7 Å². The molecule has 126 valence electrons. The molecule has 1 atom stereocenters. The number of likely N-dealkylation sites (tertiary alicyclic amines) is 1. The van der Waals surface area contributed by atoms with Crippen LogP contribution in [0.2, 0.25) is 0 Å². The summed E-state index contributed by atoms with van der Waals surface area (Å²) in [7, 11) is 0. The lowest BCUT2D eigenvalue weighted by atomic mass is 10.1. The normalized spacial score (nSPS) is 17.3. The van der Waals surface area contributed by atoms with Crippen LogP contribution in [0.1, 0.15) is 27.9 Å². The van der Waals surface area contributed by atoms with Crippen molar-refractivity contribution in [3.8, 4) is 0 Å². The molecule has 2 aromatic rings. The molecule has 1 aromatic carbocycles. The Kier molecular flexibility index (Phi) is 5.21. The number of aliphatic hydroxyl groups excluding tert-OH is 1. The van der Waals surface area contributed by atoms with Gasteiger partial charge in [0, 0.05) is 36.7 Å². The molecular formula is C19H22N2O2S. The van der Waals surface area contributed by atoms with Gasteiger partial charge in [-0.1, -0.05) is 29.5 Å².